The highest BCUT2D eigenvalue weighted by Gasteiger charge is 2.09. The van der Waals surface area contributed by atoms with Gasteiger partial charge in [0.05, 0.1) is 5.88 Å². The molecule has 0 aliphatic rings. The second-order valence-electron chi connectivity index (χ2n) is 4.88. The molecule has 0 N–H and O–H groups in total. The number of benzene rings is 1. The summed E-state index contributed by atoms with van der Waals surface area (Å²) in [5.41, 5.74) is 3.25. The van der Waals surface area contributed by atoms with Gasteiger partial charge in [-0.3, -0.25) is 0 Å². The van der Waals surface area contributed by atoms with Crippen LogP contribution in [0.25, 0.3) is 0 Å². The van der Waals surface area contributed by atoms with Crippen LogP contribution in [-0.2, 0) is 5.88 Å². The van der Waals surface area contributed by atoms with Crippen molar-refractivity contribution in [2.24, 2.45) is 0 Å². The standard InChI is InChI=1S/C16H18ClNO/c1-11(2)13-7-6-12(3)15(9-13)19-16-14(10-17)5-4-8-18-16/h4-9,11H,10H2,1-3H3. The maximum Gasteiger partial charge on any atom is 0.223 e. The van der Waals surface area contributed by atoms with Gasteiger partial charge in [0, 0.05) is 11.8 Å². The van der Waals surface area contributed by atoms with Crippen molar-refractivity contribution < 1.29 is 4.74 Å². The van der Waals surface area contributed by atoms with Gasteiger partial charge >= 0.3 is 0 Å². The van der Waals surface area contributed by atoms with E-state index in [0.29, 0.717) is 17.7 Å². The van der Waals surface area contributed by atoms with Gasteiger partial charge in [0.1, 0.15) is 5.75 Å². The summed E-state index contributed by atoms with van der Waals surface area (Å²) in [4.78, 5) is 4.25. The number of alkyl halides is 1. The van der Waals surface area contributed by atoms with E-state index < -0.39 is 0 Å². The molecule has 2 aromatic rings. The number of hydrogen-bond acceptors (Lipinski definition) is 2. The molecule has 0 amide bonds. The average molecular weight is 276 g/mol. The molecule has 0 spiro atoms. The topological polar surface area (TPSA) is 22.1 Å². The molecule has 0 aliphatic heterocycles. The van der Waals surface area contributed by atoms with E-state index in [1.165, 1.54) is 5.56 Å². The van der Waals surface area contributed by atoms with Crippen LogP contribution in [0.1, 0.15) is 36.5 Å². The zero-order valence-electron chi connectivity index (χ0n) is 11.5. The highest BCUT2D eigenvalue weighted by Crippen LogP contribution is 2.29. The van der Waals surface area contributed by atoms with E-state index in [4.69, 9.17) is 16.3 Å². The van der Waals surface area contributed by atoms with Gasteiger partial charge in [-0.25, -0.2) is 4.98 Å². The van der Waals surface area contributed by atoms with Crippen LogP contribution in [0.3, 0.4) is 0 Å². The molecule has 0 saturated heterocycles. The zero-order chi connectivity index (χ0) is 13.8. The van der Waals surface area contributed by atoms with Crippen molar-refractivity contribution >= 4 is 11.6 Å². The van der Waals surface area contributed by atoms with Gasteiger partial charge in [0.15, 0.2) is 0 Å². The molecule has 19 heavy (non-hydrogen) atoms. The monoisotopic (exact) mass is 275 g/mol. The van der Waals surface area contributed by atoms with E-state index in [-0.39, 0.29) is 0 Å². The molecule has 2 rings (SSSR count). The molecular formula is C16H18ClNO. The average Bonchev–Trinajstić information content (AvgIpc) is 2.41. The van der Waals surface area contributed by atoms with Crippen LogP contribution in [0, 0.1) is 6.92 Å². The first-order chi connectivity index (χ1) is 9.11. The minimum atomic E-state index is 0.395. The predicted octanol–water partition coefficient (Wildman–Crippen LogP) is 5.04. The largest absolute Gasteiger partial charge is 0.438 e. The van der Waals surface area contributed by atoms with Crippen molar-refractivity contribution in [1.82, 2.24) is 4.98 Å². The van der Waals surface area contributed by atoms with E-state index in [2.05, 4.69) is 37.0 Å². The highest BCUT2D eigenvalue weighted by molar-refractivity contribution is 6.17. The van der Waals surface area contributed by atoms with Crippen molar-refractivity contribution in [1.29, 1.82) is 0 Å². The van der Waals surface area contributed by atoms with Gasteiger partial charge in [-0.1, -0.05) is 32.0 Å². The third-order valence-electron chi connectivity index (χ3n) is 3.08. The van der Waals surface area contributed by atoms with E-state index in [0.717, 1.165) is 16.9 Å². The third-order valence-corrected chi connectivity index (χ3v) is 3.37. The molecule has 1 aromatic carbocycles. The van der Waals surface area contributed by atoms with Crippen molar-refractivity contribution in [3.8, 4) is 11.6 Å². The summed E-state index contributed by atoms with van der Waals surface area (Å²) < 4.78 is 5.93. The molecule has 0 aliphatic carbocycles. The number of nitrogens with zero attached hydrogens (tertiary/aromatic N) is 1. The summed E-state index contributed by atoms with van der Waals surface area (Å²) in [5, 5.41) is 0. The summed E-state index contributed by atoms with van der Waals surface area (Å²) in [7, 11) is 0. The van der Waals surface area contributed by atoms with Crippen molar-refractivity contribution in [2.45, 2.75) is 32.6 Å². The lowest BCUT2D eigenvalue weighted by atomic mass is 10.0. The normalized spacial score (nSPS) is 10.8. The molecule has 1 heterocycles. The molecular weight excluding hydrogens is 258 g/mol. The summed E-state index contributed by atoms with van der Waals surface area (Å²) in [6, 6.07) is 10.1. The van der Waals surface area contributed by atoms with Crippen LogP contribution in [-0.4, -0.2) is 4.98 Å². The Kier molecular flexibility index (Phi) is 4.43. The molecule has 0 fully saturated rings. The number of aromatic nitrogens is 1. The van der Waals surface area contributed by atoms with Gasteiger partial charge in [-0.05, 0) is 36.1 Å². The molecule has 0 saturated carbocycles. The number of halogens is 1. The summed E-state index contributed by atoms with van der Waals surface area (Å²) in [6.45, 7) is 6.36. The molecule has 1 aromatic heterocycles. The lowest BCUT2D eigenvalue weighted by Gasteiger charge is -2.13. The maximum atomic E-state index is 5.93. The first-order valence-corrected chi connectivity index (χ1v) is 6.93. The second kappa shape index (κ2) is 6.07. The Hall–Kier alpha value is -1.54. The van der Waals surface area contributed by atoms with Crippen molar-refractivity contribution in [2.75, 3.05) is 0 Å². The van der Waals surface area contributed by atoms with Gasteiger partial charge < -0.3 is 4.74 Å². The Morgan fingerprint density at radius 3 is 2.74 bits per heavy atom. The number of aryl methyl sites for hydroxylation is 1. The Balaban J connectivity index is 2.34. The number of hydrogen-bond donors (Lipinski definition) is 0. The summed E-state index contributed by atoms with van der Waals surface area (Å²) in [6.07, 6.45) is 1.72. The maximum absolute atomic E-state index is 5.93. The van der Waals surface area contributed by atoms with Crippen molar-refractivity contribution in [3.63, 3.8) is 0 Å². The van der Waals surface area contributed by atoms with Gasteiger partial charge in [-0.2, -0.15) is 0 Å². The fourth-order valence-corrected chi connectivity index (χ4v) is 2.01. The zero-order valence-corrected chi connectivity index (χ0v) is 12.2. The minimum Gasteiger partial charge on any atom is -0.438 e. The predicted molar refractivity (Wildman–Crippen MR) is 79.1 cm³/mol. The molecule has 0 radical (unpaired) electrons. The Bertz CT molecular complexity index is 566. The summed E-state index contributed by atoms with van der Waals surface area (Å²) in [5.74, 6) is 2.29. The van der Waals surface area contributed by atoms with Gasteiger partial charge in [-0.15, -0.1) is 11.6 Å². The molecule has 0 atom stereocenters. The molecule has 100 valence electrons. The SMILES string of the molecule is Cc1ccc(C(C)C)cc1Oc1ncccc1CCl. The third kappa shape index (κ3) is 3.27. The van der Waals surface area contributed by atoms with Crippen molar-refractivity contribution in [3.05, 3.63) is 53.2 Å². The van der Waals surface area contributed by atoms with Gasteiger partial charge in [0.2, 0.25) is 5.88 Å². The molecule has 3 heteroatoms. The number of ether oxygens (including phenoxy) is 1. The Labute approximate surface area is 119 Å². The molecule has 0 unspecified atom stereocenters. The smallest absolute Gasteiger partial charge is 0.223 e. The molecule has 0 bridgehead atoms. The van der Waals surface area contributed by atoms with Crippen LogP contribution in [0.15, 0.2) is 36.5 Å². The van der Waals surface area contributed by atoms with E-state index in [1.54, 1.807) is 6.20 Å². The second-order valence-corrected chi connectivity index (χ2v) is 5.15. The minimum absolute atomic E-state index is 0.395. The van der Waals surface area contributed by atoms with E-state index >= 15 is 0 Å². The first-order valence-electron chi connectivity index (χ1n) is 6.40. The quantitative estimate of drug-likeness (QED) is 0.729. The Morgan fingerprint density at radius 1 is 1.26 bits per heavy atom. The van der Waals surface area contributed by atoms with Gasteiger partial charge in [0.25, 0.3) is 0 Å². The molecule has 2 nitrogen and oxygen atoms in total. The number of pyridine rings is 1. The highest BCUT2D eigenvalue weighted by atomic mass is 35.5. The fourth-order valence-electron chi connectivity index (χ4n) is 1.81. The Morgan fingerprint density at radius 2 is 2.05 bits per heavy atom. The lowest BCUT2D eigenvalue weighted by Crippen LogP contribution is -1.96. The first kappa shape index (κ1) is 13.9. The number of rotatable bonds is 4. The fraction of sp³-hybridized carbons (Fsp3) is 0.312. The van der Waals surface area contributed by atoms with Crippen LogP contribution in [0.4, 0.5) is 0 Å². The van der Waals surface area contributed by atoms with E-state index in [9.17, 15) is 0 Å². The van der Waals surface area contributed by atoms with E-state index in [1.807, 2.05) is 19.1 Å². The van der Waals surface area contributed by atoms with Crippen LogP contribution < -0.4 is 4.74 Å². The van der Waals surface area contributed by atoms with Crippen LogP contribution in [0.2, 0.25) is 0 Å². The lowest BCUT2D eigenvalue weighted by molar-refractivity contribution is 0.454. The van der Waals surface area contributed by atoms with Crippen LogP contribution in [0.5, 0.6) is 11.6 Å². The van der Waals surface area contributed by atoms with Crippen LogP contribution >= 0.6 is 11.6 Å². The summed E-state index contributed by atoms with van der Waals surface area (Å²) >= 11 is 5.90.